The van der Waals surface area contributed by atoms with Crippen LogP contribution in [0.3, 0.4) is 0 Å². The molecule has 1 aromatic carbocycles. The highest BCUT2D eigenvalue weighted by atomic mass is 16.1. The lowest BCUT2D eigenvalue weighted by Gasteiger charge is -2.30. The molecule has 0 atom stereocenters. The number of Topliss-reactive ketones (excluding diaryl/α,β-unsaturated/α-hetero) is 1. The molecule has 0 spiro atoms. The minimum absolute atomic E-state index is 0.184. The number of aryl methyl sites for hydroxylation is 2. The molecule has 1 aliphatic rings. The third kappa shape index (κ3) is 2.28. The van der Waals surface area contributed by atoms with E-state index in [4.69, 9.17) is 0 Å². The summed E-state index contributed by atoms with van der Waals surface area (Å²) in [4.78, 5) is 14.5. The lowest BCUT2D eigenvalue weighted by Crippen LogP contribution is -2.34. The molecule has 98 valence electrons. The summed E-state index contributed by atoms with van der Waals surface area (Å²) < 4.78 is 1.89. The van der Waals surface area contributed by atoms with Gasteiger partial charge in [0.1, 0.15) is 0 Å². The molecule has 1 aliphatic heterocycles. The van der Waals surface area contributed by atoms with Crippen LogP contribution < -0.4 is 4.90 Å². The molecule has 2 heterocycles. The number of hydrogen-bond acceptors (Lipinski definition) is 2. The summed E-state index contributed by atoms with van der Waals surface area (Å²) in [6, 6.07) is 12.2. The molecule has 0 radical (unpaired) electrons. The molecule has 3 nitrogen and oxygen atoms in total. The Morgan fingerprint density at radius 2 is 2.05 bits per heavy atom. The zero-order chi connectivity index (χ0) is 13.2. The van der Waals surface area contributed by atoms with E-state index >= 15 is 0 Å². The maximum atomic E-state index is 12.3. The molecule has 2 aromatic rings. The van der Waals surface area contributed by atoms with Crippen LogP contribution >= 0.6 is 0 Å². The highest BCUT2D eigenvalue weighted by Crippen LogP contribution is 2.26. The number of carbonyl (C=O) groups is 1. The summed E-state index contributed by atoms with van der Waals surface area (Å²) in [6.45, 7) is 1.43. The average Bonchev–Trinajstić information content (AvgIpc) is 2.85. The standard InChI is InChI=1S/C16H18N2O/c1-17-10-5-9-15(17)16(19)12-18-11-4-7-13-6-2-3-8-14(13)18/h2-3,5-6,8-10H,4,7,11-12H2,1H3. The van der Waals surface area contributed by atoms with Crippen LogP contribution in [0.2, 0.25) is 0 Å². The number of aromatic nitrogens is 1. The molecule has 0 amide bonds. The van der Waals surface area contributed by atoms with E-state index in [1.807, 2.05) is 36.0 Å². The van der Waals surface area contributed by atoms with Gasteiger partial charge in [0.15, 0.2) is 5.78 Å². The molecule has 0 unspecified atom stereocenters. The monoisotopic (exact) mass is 254 g/mol. The molecular weight excluding hydrogens is 236 g/mol. The van der Waals surface area contributed by atoms with Crippen LogP contribution in [-0.2, 0) is 13.5 Å². The van der Waals surface area contributed by atoms with Crippen molar-refractivity contribution in [2.75, 3.05) is 18.0 Å². The number of benzene rings is 1. The zero-order valence-electron chi connectivity index (χ0n) is 11.2. The molecule has 0 saturated carbocycles. The minimum atomic E-state index is 0.184. The predicted molar refractivity (Wildman–Crippen MR) is 76.7 cm³/mol. The number of nitrogens with zero attached hydrogens (tertiary/aromatic N) is 2. The van der Waals surface area contributed by atoms with Crippen molar-refractivity contribution in [3.8, 4) is 0 Å². The van der Waals surface area contributed by atoms with Gasteiger partial charge in [0.05, 0.1) is 12.2 Å². The lowest BCUT2D eigenvalue weighted by atomic mass is 10.0. The second-order valence-electron chi connectivity index (χ2n) is 5.08. The van der Waals surface area contributed by atoms with E-state index in [9.17, 15) is 4.79 Å². The van der Waals surface area contributed by atoms with Gasteiger partial charge in [-0.15, -0.1) is 0 Å². The van der Waals surface area contributed by atoms with Crippen LogP contribution in [0.25, 0.3) is 0 Å². The van der Waals surface area contributed by atoms with Gasteiger partial charge in [-0.2, -0.15) is 0 Å². The van der Waals surface area contributed by atoms with Crippen LogP contribution in [0.1, 0.15) is 22.5 Å². The zero-order valence-corrected chi connectivity index (χ0v) is 11.2. The average molecular weight is 254 g/mol. The van der Waals surface area contributed by atoms with Crippen molar-refractivity contribution < 1.29 is 4.79 Å². The second-order valence-corrected chi connectivity index (χ2v) is 5.08. The molecule has 19 heavy (non-hydrogen) atoms. The first-order valence-electron chi connectivity index (χ1n) is 6.73. The van der Waals surface area contributed by atoms with Gasteiger partial charge in [-0.25, -0.2) is 0 Å². The fourth-order valence-corrected chi connectivity index (χ4v) is 2.78. The van der Waals surface area contributed by atoms with Gasteiger partial charge in [0.2, 0.25) is 0 Å². The van der Waals surface area contributed by atoms with Crippen molar-refractivity contribution in [3.63, 3.8) is 0 Å². The van der Waals surface area contributed by atoms with Crippen LogP contribution in [0.15, 0.2) is 42.6 Å². The Morgan fingerprint density at radius 3 is 2.84 bits per heavy atom. The Hall–Kier alpha value is -2.03. The Morgan fingerprint density at radius 1 is 1.21 bits per heavy atom. The lowest BCUT2D eigenvalue weighted by molar-refractivity contribution is 0.0991. The van der Waals surface area contributed by atoms with E-state index in [0.717, 1.165) is 25.1 Å². The first-order chi connectivity index (χ1) is 9.25. The number of rotatable bonds is 3. The van der Waals surface area contributed by atoms with Crippen LogP contribution in [0, 0.1) is 0 Å². The summed E-state index contributed by atoms with van der Waals surface area (Å²) in [6.07, 6.45) is 4.15. The maximum Gasteiger partial charge on any atom is 0.198 e. The number of fused-ring (bicyclic) bond motifs is 1. The summed E-state index contributed by atoms with van der Waals surface area (Å²) in [5, 5.41) is 0. The maximum absolute atomic E-state index is 12.3. The highest BCUT2D eigenvalue weighted by Gasteiger charge is 2.20. The Balaban J connectivity index is 1.82. The summed E-state index contributed by atoms with van der Waals surface area (Å²) in [5.41, 5.74) is 3.35. The Bertz CT molecular complexity index is 600. The van der Waals surface area contributed by atoms with E-state index < -0.39 is 0 Å². The van der Waals surface area contributed by atoms with Crippen LogP contribution in [0.4, 0.5) is 5.69 Å². The van der Waals surface area contributed by atoms with Gasteiger partial charge in [-0.1, -0.05) is 18.2 Å². The normalized spacial score (nSPS) is 14.3. The molecule has 3 rings (SSSR count). The second kappa shape index (κ2) is 4.92. The topological polar surface area (TPSA) is 25.2 Å². The summed E-state index contributed by atoms with van der Waals surface area (Å²) >= 11 is 0. The highest BCUT2D eigenvalue weighted by molar-refractivity contribution is 5.98. The van der Waals surface area contributed by atoms with Gasteiger partial charge >= 0.3 is 0 Å². The molecule has 0 N–H and O–H groups in total. The van der Waals surface area contributed by atoms with Crippen molar-refractivity contribution in [3.05, 3.63) is 53.9 Å². The van der Waals surface area contributed by atoms with E-state index in [1.165, 1.54) is 11.3 Å². The van der Waals surface area contributed by atoms with E-state index in [1.54, 1.807) is 0 Å². The van der Waals surface area contributed by atoms with Crippen molar-refractivity contribution in [1.29, 1.82) is 0 Å². The molecule has 1 aromatic heterocycles. The van der Waals surface area contributed by atoms with Crippen molar-refractivity contribution in [2.24, 2.45) is 7.05 Å². The number of ketones is 1. The third-order valence-electron chi connectivity index (χ3n) is 3.77. The van der Waals surface area contributed by atoms with Crippen LogP contribution in [-0.4, -0.2) is 23.4 Å². The van der Waals surface area contributed by atoms with Gasteiger partial charge in [-0.3, -0.25) is 4.79 Å². The smallest absolute Gasteiger partial charge is 0.198 e. The SMILES string of the molecule is Cn1cccc1C(=O)CN1CCCc2ccccc21. The summed E-state index contributed by atoms with van der Waals surface area (Å²) in [5.74, 6) is 0.184. The quantitative estimate of drug-likeness (QED) is 0.787. The first kappa shape index (κ1) is 12.0. The van der Waals surface area contributed by atoms with Crippen molar-refractivity contribution in [1.82, 2.24) is 4.57 Å². The number of hydrogen-bond donors (Lipinski definition) is 0. The van der Waals surface area contributed by atoms with Gasteiger partial charge in [-0.05, 0) is 36.6 Å². The van der Waals surface area contributed by atoms with Gasteiger partial charge in [0, 0.05) is 25.5 Å². The fraction of sp³-hybridized carbons (Fsp3) is 0.312. The van der Waals surface area contributed by atoms with E-state index in [-0.39, 0.29) is 5.78 Å². The number of carbonyl (C=O) groups excluding carboxylic acids is 1. The van der Waals surface area contributed by atoms with E-state index in [0.29, 0.717) is 6.54 Å². The van der Waals surface area contributed by atoms with Crippen molar-refractivity contribution in [2.45, 2.75) is 12.8 Å². The summed E-state index contributed by atoms with van der Waals surface area (Å²) in [7, 11) is 1.91. The van der Waals surface area contributed by atoms with E-state index in [2.05, 4.69) is 23.1 Å². The van der Waals surface area contributed by atoms with Gasteiger partial charge < -0.3 is 9.47 Å². The number of para-hydroxylation sites is 1. The van der Waals surface area contributed by atoms with Crippen LogP contribution in [0.5, 0.6) is 0 Å². The molecule has 0 saturated heterocycles. The van der Waals surface area contributed by atoms with Gasteiger partial charge in [0.25, 0.3) is 0 Å². The largest absolute Gasteiger partial charge is 0.364 e. The molecule has 3 heteroatoms. The Labute approximate surface area is 113 Å². The van der Waals surface area contributed by atoms with Crippen molar-refractivity contribution >= 4 is 11.5 Å². The fourth-order valence-electron chi connectivity index (χ4n) is 2.78. The molecular formula is C16H18N2O. The molecule has 0 aliphatic carbocycles. The number of anilines is 1. The third-order valence-corrected chi connectivity index (χ3v) is 3.77. The molecule has 0 fully saturated rings. The Kier molecular flexibility index (Phi) is 3.11. The molecule has 0 bridgehead atoms. The minimum Gasteiger partial charge on any atom is -0.364 e. The first-order valence-corrected chi connectivity index (χ1v) is 6.73. The predicted octanol–water partition coefficient (Wildman–Crippen LogP) is 2.66.